The van der Waals surface area contributed by atoms with E-state index in [2.05, 4.69) is 11.4 Å². The summed E-state index contributed by atoms with van der Waals surface area (Å²) in [7, 11) is 1.61. The van der Waals surface area contributed by atoms with Gasteiger partial charge in [0.1, 0.15) is 5.76 Å². The summed E-state index contributed by atoms with van der Waals surface area (Å²) in [5.74, 6) is 1.13. The molecule has 1 aliphatic rings. The number of carboxylic acids is 1. The first kappa shape index (κ1) is 27.8. The van der Waals surface area contributed by atoms with Crippen molar-refractivity contribution in [3.8, 4) is 11.3 Å². The third kappa shape index (κ3) is 7.20. The molecule has 202 valence electrons. The average Bonchev–Trinajstić information content (AvgIpc) is 3.34. The maximum atomic E-state index is 12.7. The standard InChI is InChI=1S/C30H36N2O5S/c1-32(18-17-28(33)34)30(35)23-13-15-24(16-14-23)31-29(22-11-7-4-8-12-22)25-19-26(21-9-5-3-6-10-21)37-27(25)20-38(2)36/h3,5-6,9-10,13-16,19,22,29,31H,4,7-8,11-12,17-18,20H2,1-2H3,(H,33,34). The number of furan rings is 1. The first-order chi connectivity index (χ1) is 18.3. The number of carbonyl (C=O) groups excluding carboxylic acids is 1. The second-order valence-corrected chi connectivity index (χ2v) is 11.5. The van der Waals surface area contributed by atoms with Crippen LogP contribution in [-0.4, -0.2) is 46.3 Å². The van der Waals surface area contributed by atoms with E-state index in [0.29, 0.717) is 17.2 Å². The fourth-order valence-electron chi connectivity index (χ4n) is 5.14. The molecule has 1 aliphatic carbocycles. The highest BCUT2D eigenvalue weighted by atomic mass is 32.2. The third-order valence-corrected chi connectivity index (χ3v) is 7.82. The molecule has 1 saturated carbocycles. The van der Waals surface area contributed by atoms with E-state index in [1.165, 1.54) is 24.2 Å². The Hall–Kier alpha value is -3.23. The lowest BCUT2D eigenvalue weighted by Gasteiger charge is -2.32. The molecule has 7 nitrogen and oxygen atoms in total. The zero-order valence-electron chi connectivity index (χ0n) is 22.0. The summed E-state index contributed by atoms with van der Waals surface area (Å²) in [6.07, 6.45) is 7.40. The summed E-state index contributed by atoms with van der Waals surface area (Å²) < 4.78 is 18.6. The monoisotopic (exact) mass is 536 g/mol. The van der Waals surface area contributed by atoms with E-state index >= 15 is 0 Å². The van der Waals surface area contributed by atoms with Gasteiger partial charge in [0.05, 0.1) is 18.7 Å². The van der Waals surface area contributed by atoms with E-state index < -0.39 is 17.1 Å². The number of benzene rings is 2. The lowest BCUT2D eigenvalue weighted by Crippen LogP contribution is -2.29. The van der Waals surface area contributed by atoms with Crippen molar-refractivity contribution in [1.82, 2.24) is 4.90 Å². The molecule has 0 aliphatic heterocycles. The molecule has 2 atom stereocenters. The zero-order valence-corrected chi connectivity index (χ0v) is 22.8. The summed E-state index contributed by atoms with van der Waals surface area (Å²) in [5.41, 5.74) is 3.42. The van der Waals surface area contributed by atoms with Crippen molar-refractivity contribution in [3.05, 3.63) is 77.6 Å². The second kappa shape index (κ2) is 13.0. The van der Waals surface area contributed by atoms with E-state index in [-0.39, 0.29) is 24.9 Å². The SMILES string of the molecule is CN(CCC(=O)O)C(=O)c1ccc(NC(c2cc(-c3ccccc3)oc2C[S+](C)[O-])C2CCCCC2)cc1. The molecule has 3 aromatic rings. The highest BCUT2D eigenvalue weighted by Crippen LogP contribution is 2.41. The van der Waals surface area contributed by atoms with Gasteiger partial charge in [0, 0.05) is 36.0 Å². The lowest BCUT2D eigenvalue weighted by atomic mass is 9.81. The van der Waals surface area contributed by atoms with E-state index in [0.717, 1.165) is 41.2 Å². The maximum Gasteiger partial charge on any atom is 0.305 e. The molecule has 0 spiro atoms. The zero-order chi connectivity index (χ0) is 27.1. The van der Waals surface area contributed by atoms with Gasteiger partial charge in [-0.05, 0) is 60.3 Å². The van der Waals surface area contributed by atoms with Crippen LogP contribution >= 0.6 is 0 Å². The van der Waals surface area contributed by atoms with Crippen molar-refractivity contribution in [1.29, 1.82) is 0 Å². The number of nitrogens with one attached hydrogen (secondary N) is 1. The van der Waals surface area contributed by atoms with Crippen molar-refractivity contribution >= 4 is 28.7 Å². The first-order valence-corrected chi connectivity index (χ1v) is 14.9. The van der Waals surface area contributed by atoms with Gasteiger partial charge in [0.15, 0.2) is 11.5 Å². The number of rotatable bonds is 11. The van der Waals surface area contributed by atoms with E-state index in [1.54, 1.807) is 25.4 Å². The smallest absolute Gasteiger partial charge is 0.305 e. The fraction of sp³-hybridized carbons (Fsp3) is 0.400. The van der Waals surface area contributed by atoms with Crippen molar-refractivity contribution in [2.24, 2.45) is 5.92 Å². The highest BCUT2D eigenvalue weighted by Gasteiger charge is 2.31. The number of carbonyl (C=O) groups is 2. The number of hydrogen-bond donors (Lipinski definition) is 2. The summed E-state index contributed by atoms with van der Waals surface area (Å²) in [4.78, 5) is 25.0. The van der Waals surface area contributed by atoms with E-state index in [9.17, 15) is 14.1 Å². The average molecular weight is 537 g/mol. The van der Waals surface area contributed by atoms with Crippen molar-refractivity contribution in [2.75, 3.05) is 25.2 Å². The van der Waals surface area contributed by atoms with Gasteiger partial charge >= 0.3 is 5.97 Å². The minimum absolute atomic E-state index is 0.0187. The van der Waals surface area contributed by atoms with Gasteiger partial charge in [0.2, 0.25) is 0 Å². The molecule has 1 heterocycles. The maximum absolute atomic E-state index is 12.7. The Morgan fingerprint density at radius 1 is 1.11 bits per heavy atom. The Morgan fingerprint density at radius 2 is 1.79 bits per heavy atom. The molecule has 1 fully saturated rings. The van der Waals surface area contributed by atoms with Gasteiger partial charge in [-0.2, -0.15) is 0 Å². The molecule has 4 rings (SSSR count). The van der Waals surface area contributed by atoms with Gasteiger partial charge in [-0.1, -0.05) is 49.6 Å². The van der Waals surface area contributed by atoms with Gasteiger partial charge in [-0.25, -0.2) is 0 Å². The van der Waals surface area contributed by atoms with Crippen LogP contribution in [0.1, 0.15) is 66.2 Å². The molecule has 0 radical (unpaired) electrons. The van der Waals surface area contributed by atoms with Crippen LogP contribution in [0.3, 0.4) is 0 Å². The van der Waals surface area contributed by atoms with Crippen LogP contribution in [0.15, 0.2) is 65.1 Å². The second-order valence-electron chi connectivity index (χ2n) is 10.0. The topological polar surface area (TPSA) is 106 Å². The van der Waals surface area contributed by atoms with E-state index in [1.807, 2.05) is 42.5 Å². The fourth-order valence-corrected chi connectivity index (χ4v) is 5.73. The molecule has 2 unspecified atom stereocenters. The quantitative estimate of drug-likeness (QED) is 0.287. The van der Waals surface area contributed by atoms with Gasteiger partial charge in [-0.3, -0.25) is 9.59 Å². The first-order valence-electron chi connectivity index (χ1n) is 13.1. The Balaban J connectivity index is 1.61. The van der Waals surface area contributed by atoms with Gasteiger partial charge < -0.3 is 24.3 Å². The number of aliphatic carboxylic acids is 1. The largest absolute Gasteiger partial charge is 0.616 e. The minimum Gasteiger partial charge on any atom is -0.616 e. The molecule has 1 aromatic heterocycles. The van der Waals surface area contributed by atoms with Crippen LogP contribution in [0.25, 0.3) is 11.3 Å². The van der Waals surface area contributed by atoms with Gasteiger partial charge in [0.25, 0.3) is 5.91 Å². The van der Waals surface area contributed by atoms with Crippen LogP contribution in [0.4, 0.5) is 5.69 Å². The molecule has 0 saturated heterocycles. The van der Waals surface area contributed by atoms with Crippen LogP contribution in [0.2, 0.25) is 0 Å². The number of amides is 1. The lowest BCUT2D eigenvalue weighted by molar-refractivity contribution is -0.137. The summed E-state index contributed by atoms with van der Waals surface area (Å²) >= 11 is -1.06. The normalized spacial score (nSPS) is 15.6. The van der Waals surface area contributed by atoms with E-state index in [4.69, 9.17) is 9.52 Å². The molecular formula is C30H36N2O5S. The molecule has 2 aromatic carbocycles. The molecule has 1 amide bonds. The van der Waals surface area contributed by atoms with Crippen LogP contribution in [0, 0.1) is 5.92 Å². The Morgan fingerprint density at radius 3 is 2.42 bits per heavy atom. The predicted molar refractivity (Wildman–Crippen MR) is 151 cm³/mol. The molecule has 8 heteroatoms. The number of carboxylic acid groups (broad SMARTS) is 1. The van der Waals surface area contributed by atoms with Crippen molar-refractivity contribution in [2.45, 2.75) is 50.3 Å². The summed E-state index contributed by atoms with van der Waals surface area (Å²) in [6.45, 7) is 0.156. The number of anilines is 1. The van der Waals surface area contributed by atoms with Crippen LogP contribution < -0.4 is 5.32 Å². The summed E-state index contributed by atoms with van der Waals surface area (Å²) in [6, 6.07) is 19.4. The molecule has 2 N–H and O–H groups in total. The molecule has 0 bridgehead atoms. The van der Waals surface area contributed by atoms with Crippen molar-refractivity contribution in [3.63, 3.8) is 0 Å². The third-order valence-electron chi connectivity index (χ3n) is 7.15. The Bertz CT molecular complexity index is 1200. The van der Waals surface area contributed by atoms with Crippen LogP contribution in [0.5, 0.6) is 0 Å². The Kier molecular flexibility index (Phi) is 9.53. The van der Waals surface area contributed by atoms with Crippen molar-refractivity contribution < 1.29 is 23.7 Å². The summed E-state index contributed by atoms with van der Waals surface area (Å²) in [5, 5.41) is 12.6. The highest BCUT2D eigenvalue weighted by molar-refractivity contribution is 7.89. The Labute approximate surface area is 227 Å². The number of hydrogen-bond acceptors (Lipinski definition) is 5. The minimum atomic E-state index is -1.06. The molecular weight excluding hydrogens is 500 g/mol. The molecule has 38 heavy (non-hydrogen) atoms. The number of nitrogens with zero attached hydrogens (tertiary/aromatic N) is 1. The predicted octanol–water partition coefficient (Wildman–Crippen LogP) is 6.11. The van der Waals surface area contributed by atoms with Crippen LogP contribution in [-0.2, 0) is 21.7 Å². The van der Waals surface area contributed by atoms with Gasteiger partial charge in [-0.15, -0.1) is 0 Å².